The van der Waals surface area contributed by atoms with Crippen LogP contribution in [0, 0.1) is 0 Å². The SMILES string of the molecule is O=Cc1c[nH]c(C(=O)Nc2ccccc2Br)c1. The lowest BCUT2D eigenvalue weighted by Crippen LogP contribution is -2.12. The molecule has 2 rings (SSSR count). The third-order valence-corrected chi connectivity index (χ3v) is 2.90. The number of carbonyl (C=O) groups is 2. The van der Waals surface area contributed by atoms with Crippen molar-refractivity contribution >= 4 is 33.8 Å². The maximum absolute atomic E-state index is 11.8. The molecule has 2 aromatic rings. The van der Waals surface area contributed by atoms with Gasteiger partial charge in [-0.05, 0) is 34.1 Å². The summed E-state index contributed by atoms with van der Waals surface area (Å²) in [7, 11) is 0. The van der Waals surface area contributed by atoms with E-state index in [4.69, 9.17) is 0 Å². The van der Waals surface area contributed by atoms with E-state index >= 15 is 0 Å². The number of hydrogen-bond donors (Lipinski definition) is 2. The van der Waals surface area contributed by atoms with Crippen LogP contribution in [0.15, 0.2) is 41.0 Å². The number of H-pyrrole nitrogens is 1. The molecule has 0 radical (unpaired) electrons. The van der Waals surface area contributed by atoms with Gasteiger partial charge in [-0.15, -0.1) is 0 Å². The molecule has 0 aliphatic heterocycles. The summed E-state index contributed by atoms with van der Waals surface area (Å²) in [5.41, 5.74) is 1.48. The Labute approximate surface area is 106 Å². The summed E-state index contributed by atoms with van der Waals surface area (Å²) < 4.78 is 0.801. The number of aromatic amines is 1. The fourth-order valence-corrected chi connectivity index (χ4v) is 1.75. The van der Waals surface area contributed by atoms with Gasteiger partial charge in [-0.3, -0.25) is 9.59 Å². The second kappa shape index (κ2) is 4.97. The third kappa shape index (κ3) is 2.62. The number of carbonyl (C=O) groups excluding carboxylic acids is 2. The Morgan fingerprint density at radius 1 is 1.35 bits per heavy atom. The Kier molecular flexibility index (Phi) is 3.39. The standard InChI is InChI=1S/C12H9BrN2O2/c13-9-3-1-2-4-10(9)15-12(17)11-5-8(7-16)6-14-11/h1-7,14H,(H,15,17). The fraction of sp³-hybridized carbons (Fsp3) is 0. The van der Waals surface area contributed by atoms with Gasteiger partial charge in [-0.25, -0.2) is 0 Å². The van der Waals surface area contributed by atoms with Gasteiger partial charge in [-0.2, -0.15) is 0 Å². The fourth-order valence-electron chi connectivity index (χ4n) is 1.36. The van der Waals surface area contributed by atoms with Crippen LogP contribution in [0.1, 0.15) is 20.8 Å². The predicted octanol–water partition coefficient (Wildman–Crippen LogP) is 2.84. The molecule has 0 aliphatic rings. The second-order valence-corrected chi connectivity index (χ2v) is 4.25. The van der Waals surface area contributed by atoms with E-state index in [1.54, 1.807) is 6.07 Å². The number of nitrogens with one attached hydrogen (secondary N) is 2. The minimum absolute atomic E-state index is 0.287. The molecule has 2 N–H and O–H groups in total. The Bertz CT molecular complexity index is 563. The lowest BCUT2D eigenvalue weighted by molar-refractivity contribution is 0.102. The normalized spacial score (nSPS) is 9.94. The van der Waals surface area contributed by atoms with Gasteiger partial charge in [0.25, 0.3) is 5.91 Å². The van der Waals surface area contributed by atoms with Crippen molar-refractivity contribution in [2.75, 3.05) is 5.32 Å². The van der Waals surface area contributed by atoms with E-state index in [1.807, 2.05) is 18.2 Å². The van der Waals surface area contributed by atoms with Gasteiger partial charge in [0, 0.05) is 16.2 Å². The Morgan fingerprint density at radius 2 is 2.12 bits per heavy atom. The average molecular weight is 293 g/mol. The number of amides is 1. The van der Waals surface area contributed by atoms with Crippen LogP contribution in [0.4, 0.5) is 5.69 Å². The highest BCUT2D eigenvalue weighted by Crippen LogP contribution is 2.21. The van der Waals surface area contributed by atoms with Gasteiger partial charge < -0.3 is 10.3 Å². The van der Waals surface area contributed by atoms with E-state index in [2.05, 4.69) is 26.2 Å². The number of hydrogen-bond acceptors (Lipinski definition) is 2. The molecular formula is C12H9BrN2O2. The Morgan fingerprint density at radius 3 is 2.76 bits per heavy atom. The molecule has 0 saturated heterocycles. The van der Waals surface area contributed by atoms with Gasteiger partial charge in [0.15, 0.2) is 6.29 Å². The van der Waals surface area contributed by atoms with Crippen LogP contribution in [0.5, 0.6) is 0 Å². The van der Waals surface area contributed by atoms with Crippen molar-refractivity contribution in [1.82, 2.24) is 4.98 Å². The van der Waals surface area contributed by atoms with E-state index in [0.717, 1.165) is 4.47 Å². The van der Waals surface area contributed by atoms with Crippen molar-refractivity contribution in [3.63, 3.8) is 0 Å². The average Bonchev–Trinajstić information content (AvgIpc) is 2.81. The van der Waals surface area contributed by atoms with Crippen molar-refractivity contribution in [2.24, 2.45) is 0 Å². The van der Waals surface area contributed by atoms with Crippen LogP contribution in [0.25, 0.3) is 0 Å². The molecule has 1 heterocycles. The van der Waals surface area contributed by atoms with Crippen molar-refractivity contribution in [2.45, 2.75) is 0 Å². The van der Waals surface area contributed by atoms with Gasteiger partial charge in [0.05, 0.1) is 5.69 Å². The molecule has 0 unspecified atom stereocenters. The number of anilines is 1. The molecular weight excluding hydrogens is 284 g/mol. The summed E-state index contributed by atoms with van der Waals surface area (Å²) >= 11 is 3.34. The van der Waals surface area contributed by atoms with Crippen LogP contribution < -0.4 is 5.32 Å². The zero-order valence-electron chi connectivity index (χ0n) is 8.74. The first kappa shape index (κ1) is 11.6. The number of benzene rings is 1. The van der Waals surface area contributed by atoms with Gasteiger partial charge in [0.2, 0.25) is 0 Å². The Balaban J connectivity index is 2.17. The molecule has 17 heavy (non-hydrogen) atoms. The van der Waals surface area contributed by atoms with Crippen LogP contribution >= 0.6 is 15.9 Å². The minimum atomic E-state index is -0.287. The molecule has 1 amide bonds. The van der Waals surface area contributed by atoms with Crippen molar-refractivity contribution < 1.29 is 9.59 Å². The number of aromatic nitrogens is 1. The largest absolute Gasteiger partial charge is 0.356 e. The zero-order chi connectivity index (χ0) is 12.3. The Hall–Kier alpha value is -1.88. The van der Waals surface area contributed by atoms with Crippen molar-refractivity contribution in [3.05, 3.63) is 52.3 Å². The highest BCUT2D eigenvalue weighted by atomic mass is 79.9. The third-order valence-electron chi connectivity index (χ3n) is 2.21. The second-order valence-electron chi connectivity index (χ2n) is 3.40. The summed E-state index contributed by atoms with van der Waals surface area (Å²) in [5.74, 6) is -0.287. The minimum Gasteiger partial charge on any atom is -0.356 e. The quantitative estimate of drug-likeness (QED) is 0.855. The maximum Gasteiger partial charge on any atom is 0.272 e. The first-order valence-electron chi connectivity index (χ1n) is 4.90. The summed E-state index contributed by atoms with van der Waals surface area (Å²) in [6.07, 6.45) is 2.17. The lowest BCUT2D eigenvalue weighted by atomic mass is 10.3. The number of halogens is 1. The first-order chi connectivity index (χ1) is 8.20. The number of aldehydes is 1. The van der Waals surface area contributed by atoms with Crippen LogP contribution in [-0.2, 0) is 0 Å². The summed E-state index contributed by atoms with van der Waals surface area (Å²) in [6, 6.07) is 8.80. The summed E-state index contributed by atoms with van der Waals surface area (Å²) in [6.45, 7) is 0. The first-order valence-corrected chi connectivity index (χ1v) is 5.69. The molecule has 86 valence electrons. The summed E-state index contributed by atoms with van der Waals surface area (Å²) in [5, 5.41) is 2.73. The molecule has 4 nitrogen and oxygen atoms in total. The van der Waals surface area contributed by atoms with Gasteiger partial charge in [-0.1, -0.05) is 12.1 Å². The van der Waals surface area contributed by atoms with E-state index in [0.29, 0.717) is 23.2 Å². The molecule has 1 aromatic carbocycles. The van der Waals surface area contributed by atoms with E-state index in [1.165, 1.54) is 12.3 Å². The molecule has 0 fully saturated rings. The monoisotopic (exact) mass is 292 g/mol. The predicted molar refractivity (Wildman–Crippen MR) is 68.3 cm³/mol. The molecule has 5 heteroatoms. The van der Waals surface area contributed by atoms with E-state index < -0.39 is 0 Å². The smallest absolute Gasteiger partial charge is 0.272 e. The lowest BCUT2D eigenvalue weighted by Gasteiger charge is -2.05. The molecule has 0 bridgehead atoms. The van der Waals surface area contributed by atoms with Crippen LogP contribution in [0.2, 0.25) is 0 Å². The molecule has 0 saturated carbocycles. The van der Waals surface area contributed by atoms with E-state index in [-0.39, 0.29) is 5.91 Å². The highest BCUT2D eigenvalue weighted by molar-refractivity contribution is 9.10. The van der Waals surface area contributed by atoms with Crippen LogP contribution in [0.3, 0.4) is 0 Å². The number of rotatable bonds is 3. The molecule has 0 atom stereocenters. The van der Waals surface area contributed by atoms with Crippen molar-refractivity contribution in [3.8, 4) is 0 Å². The topological polar surface area (TPSA) is 62.0 Å². The van der Waals surface area contributed by atoms with Gasteiger partial charge in [0.1, 0.15) is 5.69 Å². The van der Waals surface area contributed by atoms with Gasteiger partial charge >= 0.3 is 0 Å². The maximum atomic E-state index is 11.8. The molecule has 0 spiro atoms. The van der Waals surface area contributed by atoms with Crippen molar-refractivity contribution in [1.29, 1.82) is 0 Å². The van der Waals surface area contributed by atoms with Crippen LogP contribution in [-0.4, -0.2) is 17.2 Å². The number of para-hydroxylation sites is 1. The molecule has 1 aromatic heterocycles. The molecule has 0 aliphatic carbocycles. The summed E-state index contributed by atoms with van der Waals surface area (Å²) in [4.78, 5) is 25.0. The highest BCUT2D eigenvalue weighted by Gasteiger charge is 2.09. The van der Waals surface area contributed by atoms with E-state index in [9.17, 15) is 9.59 Å². The zero-order valence-corrected chi connectivity index (χ0v) is 10.3.